The van der Waals surface area contributed by atoms with Crippen LogP contribution in [0.3, 0.4) is 0 Å². The third-order valence-electron chi connectivity index (χ3n) is 1.80. The molecule has 1 fully saturated rings. The van der Waals surface area contributed by atoms with Crippen LogP contribution in [0.4, 0.5) is 0 Å². The van der Waals surface area contributed by atoms with Gasteiger partial charge in [-0.3, -0.25) is 4.79 Å². The van der Waals surface area contributed by atoms with E-state index in [1.165, 1.54) is 0 Å². The van der Waals surface area contributed by atoms with Crippen LogP contribution >= 0.6 is 11.6 Å². The lowest BCUT2D eigenvalue weighted by Crippen LogP contribution is -2.55. The lowest BCUT2D eigenvalue weighted by atomic mass is 10.1. The van der Waals surface area contributed by atoms with Gasteiger partial charge in [0.25, 0.3) is 0 Å². The topological polar surface area (TPSA) is 40.5 Å². The van der Waals surface area contributed by atoms with Gasteiger partial charge in [0.1, 0.15) is 5.38 Å². The zero-order chi connectivity index (χ0) is 8.43. The molecule has 3 nitrogen and oxygen atoms in total. The SMILES string of the molecule is CC[C@H](Cl)C(=O)N1CC(O)C1. The van der Waals surface area contributed by atoms with Crippen LogP contribution in [0.5, 0.6) is 0 Å². The molecule has 1 amide bonds. The van der Waals surface area contributed by atoms with Gasteiger partial charge >= 0.3 is 0 Å². The maximum Gasteiger partial charge on any atom is 0.240 e. The molecule has 0 spiro atoms. The van der Waals surface area contributed by atoms with Crippen molar-refractivity contribution in [2.24, 2.45) is 0 Å². The molecule has 1 heterocycles. The highest BCUT2D eigenvalue weighted by Crippen LogP contribution is 2.13. The summed E-state index contributed by atoms with van der Waals surface area (Å²) in [5, 5.41) is 8.47. The molecular formula is C7H12ClNO2. The van der Waals surface area contributed by atoms with Crippen molar-refractivity contribution in [1.82, 2.24) is 4.90 Å². The Kier molecular flexibility index (Phi) is 2.73. The van der Waals surface area contributed by atoms with Gasteiger partial charge in [-0.15, -0.1) is 11.6 Å². The molecule has 4 heteroatoms. The highest BCUT2D eigenvalue weighted by Gasteiger charge is 2.31. The van der Waals surface area contributed by atoms with Gasteiger partial charge in [0.15, 0.2) is 0 Å². The molecule has 0 aliphatic carbocycles. The Bertz CT molecular complexity index is 157. The number of amides is 1. The average Bonchev–Trinajstić information content (AvgIpc) is 1.96. The van der Waals surface area contributed by atoms with E-state index in [1.807, 2.05) is 6.92 Å². The number of alkyl halides is 1. The van der Waals surface area contributed by atoms with Crippen LogP contribution in [-0.4, -0.2) is 40.5 Å². The van der Waals surface area contributed by atoms with Crippen LogP contribution in [0.2, 0.25) is 0 Å². The summed E-state index contributed by atoms with van der Waals surface area (Å²) in [6, 6.07) is 0. The molecule has 1 aliphatic rings. The highest BCUT2D eigenvalue weighted by atomic mass is 35.5. The second kappa shape index (κ2) is 3.41. The molecule has 0 bridgehead atoms. The van der Waals surface area contributed by atoms with Crippen molar-refractivity contribution in [2.75, 3.05) is 13.1 Å². The summed E-state index contributed by atoms with van der Waals surface area (Å²) in [5.74, 6) is -0.0560. The van der Waals surface area contributed by atoms with E-state index in [9.17, 15) is 4.79 Å². The third-order valence-corrected chi connectivity index (χ3v) is 2.30. The van der Waals surface area contributed by atoms with Crippen LogP contribution in [0.1, 0.15) is 13.3 Å². The largest absolute Gasteiger partial charge is 0.389 e. The molecule has 11 heavy (non-hydrogen) atoms. The summed E-state index contributed by atoms with van der Waals surface area (Å²) in [4.78, 5) is 12.8. The van der Waals surface area contributed by atoms with E-state index in [0.29, 0.717) is 19.5 Å². The van der Waals surface area contributed by atoms with Crippen molar-refractivity contribution in [3.05, 3.63) is 0 Å². The lowest BCUT2D eigenvalue weighted by Gasteiger charge is -2.36. The van der Waals surface area contributed by atoms with Crippen molar-refractivity contribution in [2.45, 2.75) is 24.8 Å². The van der Waals surface area contributed by atoms with E-state index in [-0.39, 0.29) is 12.0 Å². The number of likely N-dealkylation sites (tertiary alicyclic amines) is 1. The van der Waals surface area contributed by atoms with Gasteiger partial charge in [-0.2, -0.15) is 0 Å². The van der Waals surface area contributed by atoms with E-state index in [2.05, 4.69) is 0 Å². The second-order valence-corrected chi connectivity index (χ2v) is 3.30. The van der Waals surface area contributed by atoms with Crippen LogP contribution < -0.4 is 0 Å². The Balaban J connectivity index is 2.31. The number of carbonyl (C=O) groups is 1. The zero-order valence-electron chi connectivity index (χ0n) is 6.46. The maximum atomic E-state index is 11.2. The molecule has 0 aromatic carbocycles. The monoisotopic (exact) mass is 177 g/mol. The van der Waals surface area contributed by atoms with Crippen LogP contribution in [-0.2, 0) is 4.79 Å². The minimum atomic E-state index is -0.414. The summed E-state index contributed by atoms with van der Waals surface area (Å²) in [7, 11) is 0. The Morgan fingerprint density at radius 1 is 1.82 bits per heavy atom. The van der Waals surface area contributed by atoms with E-state index < -0.39 is 5.38 Å². The van der Waals surface area contributed by atoms with Crippen LogP contribution in [0, 0.1) is 0 Å². The Morgan fingerprint density at radius 2 is 2.36 bits per heavy atom. The fourth-order valence-electron chi connectivity index (χ4n) is 1.01. The minimum absolute atomic E-state index is 0.0560. The van der Waals surface area contributed by atoms with E-state index >= 15 is 0 Å². The summed E-state index contributed by atoms with van der Waals surface area (Å²) in [6.45, 7) is 2.76. The first-order valence-corrected chi connectivity index (χ1v) is 4.19. The van der Waals surface area contributed by atoms with E-state index in [1.54, 1.807) is 4.90 Å². The molecule has 0 aromatic rings. The first-order chi connectivity index (χ1) is 5.15. The van der Waals surface area contributed by atoms with Crippen molar-refractivity contribution < 1.29 is 9.90 Å². The standard InChI is InChI=1S/C7H12ClNO2/c1-2-6(8)7(11)9-3-5(10)4-9/h5-6,10H,2-4H2,1H3/t6-/m0/s1. The number of nitrogens with zero attached hydrogens (tertiary/aromatic N) is 1. The predicted molar refractivity (Wildman–Crippen MR) is 42.5 cm³/mol. The number of halogens is 1. The van der Waals surface area contributed by atoms with Crippen LogP contribution in [0.15, 0.2) is 0 Å². The third kappa shape index (κ3) is 1.84. The Labute approximate surface area is 70.9 Å². The quantitative estimate of drug-likeness (QED) is 0.613. The molecule has 1 N–H and O–H groups in total. The normalized spacial score (nSPS) is 21.2. The maximum absolute atomic E-state index is 11.2. The van der Waals surface area contributed by atoms with Crippen molar-refractivity contribution in [3.8, 4) is 0 Å². The Hall–Kier alpha value is -0.280. The van der Waals surface area contributed by atoms with Gasteiger partial charge in [-0.05, 0) is 6.42 Å². The average molecular weight is 178 g/mol. The number of hydrogen-bond acceptors (Lipinski definition) is 2. The Morgan fingerprint density at radius 3 is 2.73 bits per heavy atom. The number of aliphatic hydroxyl groups excluding tert-OH is 1. The summed E-state index contributed by atoms with van der Waals surface area (Å²) >= 11 is 5.70. The molecule has 64 valence electrons. The number of β-amino-alcohol motifs (C(OH)–C–C–N with tert-alkyl or cyclic N) is 1. The van der Waals surface area contributed by atoms with Gasteiger partial charge in [-0.25, -0.2) is 0 Å². The number of rotatable bonds is 2. The molecule has 0 radical (unpaired) electrons. The fraction of sp³-hybridized carbons (Fsp3) is 0.857. The smallest absolute Gasteiger partial charge is 0.240 e. The summed E-state index contributed by atoms with van der Waals surface area (Å²) < 4.78 is 0. The molecule has 1 rings (SSSR count). The van der Waals surface area contributed by atoms with Gasteiger partial charge in [0.05, 0.1) is 6.10 Å². The molecule has 0 unspecified atom stereocenters. The first-order valence-electron chi connectivity index (χ1n) is 3.76. The van der Waals surface area contributed by atoms with Crippen LogP contribution in [0.25, 0.3) is 0 Å². The minimum Gasteiger partial charge on any atom is -0.389 e. The molecule has 1 atom stereocenters. The van der Waals surface area contributed by atoms with Gasteiger partial charge in [0, 0.05) is 13.1 Å². The highest BCUT2D eigenvalue weighted by molar-refractivity contribution is 6.30. The van der Waals surface area contributed by atoms with Gasteiger partial charge in [-0.1, -0.05) is 6.92 Å². The number of aliphatic hydroxyl groups is 1. The van der Waals surface area contributed by atoms with E-state index in [0.717, 1.165) is 0 Å². The zero-order valence-corrected chi connectivity index (χ0v) is 7.21. The molecule has 1 saturated heterocycles. The van der Waals surface area contributed by atoms with Crippen molar-refractivity contribution in [3.63, 3.8) is 0 Å². The van der Waals surface area contributed by atoms with Crippen molar-refractivity contribution >= 4 is 17.5 Å². The molecule has 1 aliphatic heterocycles. The number of hydrogen-bond donors (Lipinski definition) is 1. The molecular weight excluding hydrogens is 166 g/mol. The molecule has 0 aromatic heterocycles. The predicted octanol–water partition coefficient (Wildman–Crippen LogP) is 0.207. The van der Waals surface area contributed by atoms with Crippen molar-refractivity contribution in [1.29, 1.82) is 0 Å². The first kappa shape index (κ1) is 8.81. The molecule has 0 saturated carbocycles. The second-order valence-electron chi connectivity index (χ2n) is 2.77. The lowest BCUT2D eigenvalue weighted by molar-refractivity contribution is -0.140. The van der Waals surface area contributed by atoms with Gasteiger partial charge < -0.3 is 10.0 Å². The number of carbonyl (C=O) groups excluding carboxylic acids is 1. The fourth-order valence-corrected chi connectivity index (χ4v) is 1.15. The van der Waals surface area contributed by atoms with E-state index in [4.69, 9.17) is 16.7 Å². The summed E-state index contributed by atoms with van der Waals surface area (Å²) in [6.07, 6.45) is 0.312. The summed E-state index contributed by atoms with van der Waals surface area (Å²) in [5.41, 5.74) is 0. The van der Waals surface area contributed by atoms with Gasteiger partial charge in [0.2, 0.25) is 5.91 Å².